The van der Waals surface area contributed by atoms with E-state index in [0.717, 1.165) is 48.4 Å². The molecule has 0 fully saturated rings. The quantitative estimate of drug-likeness (QED) is 0.293. The first-order valence-electron chi connectivity index (χ1n) is 10.8. The van der Waals surface area contributed by atoms with Gasteiger partial charge in [-0.3, -0.25) is 25.1 Å². The van der Waals surface area contributed by atoms with E-state index in [4.69, 9.17) is 0 Å². The van der Waals surface area contributed by atoms with Gasteiger partial charge in [0.05, 0.1) is 15.5 Å². The summed E-state index contributed by atoms with van der Waals surface area (Å²) >= 11 is 2.57. The van der Waals surface area contributed by atoms with Crippen molar-refractivity contribution in [3.63, 3.8) is 0 Å². The number of nitro groups is 1. The molecule has 35 heavy (non-hydrogen) atoms. The molecule has 0 unspecified atom stereocenters. The number of rotatable bonds is 7. The number of nitrogens with one attached hydrogen (secondary N) is 1. The number of carbonyl (C=O) groups excluding carboxylic acids is 1. The maximum atomic E-state index is 12.9. The molecule has 12 heteroatoms. The number of aryl methyl sites for hydroxylation is 1. The van der Waals surface area contributed by atoms with Crippen LogP contribution in [-0.4, -0.2) is 42.0 Å². The average Bonchev–Trinajstić information content (AvgIpc) is 3.44. The highest BCUT2D eigenvalue weighted by Crippen LogP contribution is 2.35. The minimum absolute atomic E-state index is 0.166. The van der Waals surface area contributed by atoms with Crippen LogP contribution in [0.3, 0.4) is 0 Å². The standard InChI is InChI=1S/C23H21N7O3S2/c1-28-14-24-27-23(28)35-19-8-7-16(11-18(19)30(32)33)21(31)26-22-25-17-9-10-29(13-20(17)34-22)12-15-5-3-2-4-6-15/h2-8,11,14H,9-10,12-13H2,1H3,(H,25,26,31). The molecule has 1 N–H and O–H groups in total. The molecule has 3 heterocycles. The second-order valence-electron chi connectivity index (χ2n) is 8.06. The Kier molecular flexibility index (Phi) is 6.57. The molecule has 0 aliphatic carbocycles. The monoisotopic (exact) mass is 507 g/mol. The Morgan fingerprint density at radius 2 is 2.09 bits per heavy atom. The summed E-state index contributed by atoms with van der Waals surface area (Å²) in [7, 11) is 1.75. The molecule has 0 saturated heterocycles. The highest BCUT2D eigenvalue weighted by atomic mass is 32.2. The fraction of sp³-hybridized carbons (Fsp3) is 0.217. The van der Waals surface area contributed by atoms with Gasteiger partial charge in [0.25, 0.3) is 11.6 Å². The summed E-state index contributed by atoms with van der Waals surface area (Å²) in [6.07, 6.45) is 2.33. The van der Waals surface area contributed by atoms with Crippen molar-refractivity contribution in [1.82, 2.24) is 24.6 Å². The Bertz CT molecular complexity index is 1390. The third kappa shape index (κ3) is 5.24. The number of anilines is 1. The molecule has 4 aromatic rings. The molecule has 1 aliphatic heterocycles. The van der Waals surface area contributed by atoms with E-state index in [1.807, 2.05) is 18.2 Å². The second-order valence-corrected chi connectivity index (χ2v) is 10.1. The molecule has 0 saturated carbocycles. The number of thiazole rings is 1. The van der Waals surface area contributed by atoms with E-state index in [-0.39, 0.29) is 11.3 Å². The van der Waals surface area contributed by atoms with Crippen LogP contribution >= 0.6 is 23.1 Å². The van der Waals surface area contributed by atoms with Gasteiger partial charge >= 0.3 is 0 Å². The molecule has 0 bridgehead atoms. The molecule has 5 rings (SSSR count). The zero-order valence-corrected chi connectivity index (χ0v) is 20.4. The van der Waals surface area contributed by atoms with Crippen molar-refractivity contribution in [2.24, 2.45) is 7.05 Å². The lowest BCUT2D eigenvalue weighted by Crippen LogP contribution is -2.29. The van der Waals surface area contributed by atoms with Crippen molar-refractivity contribution in [3.05, 3.63) is 86.7 Å². The number of carbonyl (C=O) groups is 1. The molecule has 10 nitrogen and oxygen atoms in total. The van der Waals surface area contributed by atoms with Crippen LogP contribution in [0.25, 0.3) is 0 Å². The minimum atomic E-state index is -0.501. The first-order valence-corrected chi connectivity index (χ1v) is 12.5. The molecule has 0 spiro atoms. The molecule has 2 aromatic carbocycles. The molecule has 0 radical (unpaired) electrons. The van der Waals surface area contributed by atoms with Crippen LogP contribution in [0, 0.1) is 10.1 Å². The van der Waals surface area contributed by atoms with Crippen LogP contribution in [-0.2, 0) is 26.6 Å². The van der Waals surface area contributed by atoms with Gasteiger partial charge in [0.2, 0.25) is 0 Å². The van der Waals surface area contributed by atoms with Gasteiger partial charge in [-0.05, 0) is 29.5 Å². The molecule has 178 valence electrons. The van der Waals surface area contributed by atoms with Crippen LogP contribution in [0.15, 0.2) is 64.9 Å². The second kappa shape index (κ2) is 9.94. The van der Waals surface area contributed by atoms with Gasteiger partial charge < -0.3 is 4.57 Å². The summed E-state index contributed by atoms with van der Waals surface area (Å²) in [6.45, 7) is 2.54. The van der Waals surface area contributed by atoms with E-state index >= 15 is 0 Å². The summed E-state index contributed by atoms with van der Waals surface area (Å²) < 4.78 is 1.67. The summed E-state index contributed by atoms with van der Waals surface area (Å²) in [6, 6.07) is 14.7. The van der Waals surface area contributed by atoms with Crippen molar-refractivity contribution in [1.29, 1.82) is 0 Å². The predicted octanol–water partition coefficient (Wildman–Crippen LogP) is 4.14. The number of aromatic nitrogens is 4. The fourth-order valence-corrected chi connectivity index (χ4v) is 5.69. The Balaban J connectivity index is 1.28. The molecular weight excluding hydrogens is 486 g/mol. The molecular formula is C23H21N7O3S2. The smallest absolute Gasteiger partial charge is 0.284 e. The van der Waals surface area contributed by atoms with Gasteiger partial charge in [0.15, 0.2) is 10.3 Å². The summed E-state index contributed by atoms with van der Waals surface area (Å²) in [5, 5.41) is 23.2. The van der Waals surface area contributed by atoms with Gasteiger partial charge in [-0.2, -0.15) is 0 Å². The lowest BCUT2D eigenvalue weighted by atomic mass is 10.1. The Labute approximate surface area is 209 Å². The number of fused-ring (bicyclic) bond motifs is 1. The van der Waals surface area contributed by atoms with Crippen molar-refractivity contribution >= 4 is 39.8 Å². The minimum Gasteiger partial charge on any atom is -0.311 e. The largest absolute Gasteiger partial charge is 0.311 e. The van der Waals surface area contributed by atoms with Crippen LogP contribution in [0.5, 0.6) is 0 Å². The SMILES string of the molecule is Cn1cnnc1Sc1ccc(C(=O)Nc2nc3c(s2)CN(Cc2ccccc2)CC3)cc1[N+](=O)[O-]. The zero-order valence-electron chi connectivity index (χ0n) is 18.7. The number of hydrogen-bond acceptors (Lipinski definition) is 9. The number of nitrogens with zero attached hydrogens (tertiary/aromatic N) is 6. The number of benzene rings is 2. The van der Waals surface area contributed by atoms with Crippen LogP contribution in [0.4, 0.5) is 10.8 Å². The van der Waals surface area contributed by atoms with Crippen LogP contribution in [0.2, 0.25) is 0 Å². The van der Waals surface area contributed by atoms with Gasteiger partial charge in [-0.25, -0.2) is 4.98 Å². The lowest BCUT2D eigenvalue weighted by Gasteiger charge is -2.25. The molecule has 1 aliphatic rings. The summed E-state index contributed by atoms with van der Waals surface area (Å²) in [5.74, 6) is -0.435. The third-order valence-corrected chi connectivity index (χ3v) is 7.68. The average molecular weight is 508 g/mol. The van der Waals surface area contributed by atoms with Crippen molar-refractivity contribution in [2.75, 3.05) is 11.9 Å². The van der Waals surface area contributed by atoms with Gasteiger partial charge in [0.1, 0.15) is 6.33 Å². The maximum Gasteiger partial charge on any atom is 0.284 e. The number of hydrogen-bond donors (Lipinski definition) is 1. The van der Waals surface area contributed by atoms with Gasteiger partial charge in [0, 0.05) is 49.6 Å². The Morgan fingerprint density at radius 1 is 1.26 bits per heavy atom. The van der Waals surface area contributed by atoms with E-state index < -0.39 is 10.8 Å². The maximum absolute atomic E-state index is 12.9. The van der Waals surface area contributed by atoms with Crippen LogP contribution < -0.4 is 5.32 Å². The zero-order chi connectivity index (χ0) is 24.4. The summed E-state index contributed by atoms with van der Waals surface area (Å²) in [5.41, 5.74) is 2.28. The van der Waals surface area contributed by atoms with E-state index in [2.05, 4.69) is 37.5 Å². The van der Waals surface area contributed by atoms with Crippen molar-refractivity contribution in [2.45, 2.75) is 29.6 Å². The highest BCUT2D eigenvalue weighted by molar-refractivity contribution is 7.99. The Morgan fingerprint density at radius 3 is 2.83 bits per heavy atom. The third-order valence-electron chi connectivity index (χ3n) is 5.57. The highest BCUT2D eigenvalue weighted by Gasteiger charge is 2.23. The van der Waals surface area contributed by atoms with E-state index in [1.54, 1.807) is 23.7 Å². The molecule has 0 atom stereocenters. The van der Waals surface area contributed by atoms with Gasteiger partial charge in [-0.15, -0.1) is 21.5 Å². The molecule has 1 amide bonds. The van der Waals surface area contributed by atoms with E-state index in [9.17, 15) is 14.9 Å². The topological polar surface area (TPSA) is 119 Å². The normalized spacial score (nSPS) is 13.4. The number of nitro benzene ring substituents is 1. The fourth-order valence-electron chi connectivity index (χ4n) is 3.80. The van der Waals surface area contributed by atoms with Crippen molar-refractivity contribution in [3.8, 4) is 0 Å². The van der Waals surface area contributed by atoms with Crippen LogP contribution in [0.1, 0.15) is 26.5 Å². The van der Waals surface area contributed by atoms with Crippen molar-refractivity contribution < 1.29 is 9.72 Å². The Hall–Kier alpha value is -3.61. The summed E-state index contributed by atoms with van der Waals surface area (Å²) in [4.78, 5) is 32.5. The first-order chi connectivity index (χ1) is 17.0. The lowest BCUT2D eigenvalue weighted by molar-refractivity contribution is -0.387. The molecule has 2 aromatic heterocycles. The number of amides is 1. The van der Waals surface area contributed by atoms with Gasteiger partial charge in [-0.1, -0.05) is 30.3 Å². The predicted molar refractivity (Wildman–Crippen MR) is 133 cm³/mol. The first kappa shape index (κ1) is 23.1. The van der Waals surface area contributed by atoms with E-state index in [0.29, 0.717) is 15.2 Å². The van der Waals surface area contributed by atoms with E-state index in [1.165, 1.54) is 29.3 Å².